The molecule has 2 N–H and O–H groups in total. The second kappa shape index (κ2) is 13.7. The van der Waals surface area contributed by atoms with Gasteiger partial charge < -0.3 is 19.4 Å². The van der Waals surface area contributed by atoms with Crippen molar-refractivity contribution in [2.24, 2.45) is 11.8 Å². The second-order valence-electron chi connectivity index (χ2n) is 13.5. The molecule has 1 atom stereocenters. The Bertz CT molecular complexity index is 1720. The number of rotatable bonds is 7. The predicted molar refractivity (Wildman–Crippen MR) is 178 cm³/mol. The molecule has 0 unspecified atom stereocenters. The number of hydrogen-bond donors (Lipinski definition) is 2. The summed E-state index contributed by atoms with van der Waals surface area (Å²) in [6.45, 7) is 4.50. The number of aromatic nitrogens is 5. The van der Waals surface area contributed by atoms with Gasteiger partial charge in [0.25, 0.3) is 5.91 Å². The fraction of sp³-hybridized carbons (Fsp3) is 0.514. The van der Waals surface area contributed by atoms with E-state index in [1.807, 2.05) is 53.4 Å². The van der Waals surface area contributed by atoms with Crippen LogP contribution in [-0.2, 0) is 16.0 Å². The van der Waals surface area contributed by atoms with Gasteiger partial charge in [0.15, 0.2) is 11.9 Å². The molecule has 0 spiro atoms. The van der Waals surface area contributed by atoms with E-state index in [9.17, 15) is 14.4 Å². The lowest BCUT2D eigenvalue weighted by atomic mass is 9.79. The van der Waals surface area contributed by atoms with E-state index in [0.717, 1.165) is 53.9 Å². The Hall–Kier alpha value is -4.45. The van der Waals surface area contributed by atoms with E-state index in [1.54, 1.807) is 11.1 Å². The number of benzene rings is 2. The molecule has 0 radical (unpaired) electrons. The first kappa shape index (κ1) is 31.2. The number of carbonyl (C=O) groups is 2. The number of fused-ring (bicyclic) bond motifs is 1. The number of piperidine rings is 3. The quantitative estimate of drug-likeness (QED) is 0.311. The molecule has 3 fully saturated rings. The highest BCUT2D eigenvalue weighted by Crippen LogP contribution is 2.33. The third-order valence-corrected chi connectivity index (χ3v) is 10.5. The largest absolute Gasteiger partial charge is 0.436 e. The number of nitrogens with zero attached hydrogens (tertiary/aromatic N) is 6. The van der Waals surface area contributed by atoms with Crippen LogP contribution in [0.1, 0.15) is 50.1 Å². The van der Waals surface area contributed by atoms with Crippen molar-refractivity contribution in [3.05, 3.63) is 70.8 Å². The monoisotopic (exact) mass is 640 g/mol. The molecule has 47 heavy (non-hydrogen) atoms. The number of H-pyrrole nitrogens is 2. The zero-order chi connectivity index (χ0) is 32.3. The third-order valence-electron chi connectivity index (χ3n) is 10.5. The normalized spacial score (nSPS) is 19.7. The SMILES string of the molecule is CN1CCC(C2CCN(C(=O)[C@@H](Cc3ccc4[nH]ncc4c3)OC(=O)N3CCC(n4nc(-c5ccccc5)[nH]c4=O)CC3)CC2)CC1. The highest BCUT2D eigenvalue weighted by molar-refractivity contribution is 5.84. The van der Waals surface area contributed by atoms with Crippen molar-refractivity contribution in [3.63, 3.8) is 0 Å². The fourth-order valence-corrected chi connectivity index (χ4v) is 7.61. The molecule has 3 aliphatic rings. The van der Waals surface area contributed by atoms with Gasteiger partial charge in [-0.25, -0.2) is 14.3 Å². The van der Waals surface area contributed by atoms with Crippen molar-refractivity contribution in [2.75, 3.05) is 46.3 Å². The van der Waals surface area contributed by atoms with Gasteiger partial charge in [-0.05, 0) is 88.2 Å². The van der Waals surface area contributed by atoms with Gasteiger partial charge in [-0.3, -0.25) is 14.9 Å². The van der Waals surface area contributed by atoms with Crippen LogP contribution in [0.2, 0.25) is 0 Å². The van der Waals surface area contributed by atoms with E-state index in [1.165, 1.54) is 17.5 Å². The summed E-state index contributed by atoms with van der Waals surface area (Å²) in [7, 11) is 2.19. The summed E-state index contributed by atoms with van der Waals surface area (Å²) in [5.41, 5.74) is 2.42. The molecular weight excluding hydrogens is 596 g/mol. The summed E-state index contributed by atoms with van der Waals surface area (Å²) in [5, 5.41) is 12.6. The lowest BCUT2D eigenvalue weighted by Crippen LogP contribution is -2.49. The molecule has 3 saturated heterocycles. The van der Waals surface area contributed by atoms with Gasteiger partial charge in [0.1, 0.15) is 0 Å². The van der Waals surface area contributed by atoms with E-state index in [4.69, 9.17) is 4.74 Å². The molecule has 12 nitrogen and oxygen atoms in total. The minimum Gasteiger partial charge on any atom is -0.436 e. The number of hydrogen-bond acceptors (Lipinski definition) is 7. The summed E-state index contributed by atoms with van der Waals surface area (Å²) in [4.78, 5) is 49.1. The molecule has 2 amide bonds. The minimum absolute atomic E-state index is 0.126. The summed E-state index contributed by atoms with van der Waals surface area (Å²) < 4.78 is 7.56. The predicted octanol–water partition coefficient (Wildman–Crippen LogP) is 4.08. The Balaban J connectivity index is 1.000. The van der Waals surface area contributed by atoms with Crippen LogP contribution < -0.4 is 5.69 Å². The number of aromatic amines is 2. The van der Waals surface area contributed by atoms with Gasteiger partial charge in [0.2, 0.25) is 0 Å². The van der Waals surface area contributed by atoms with Crippen LogP contribution in [0.4, 0.5) is 4.79 Å². The molecule has 4 aromatic rings. The van der Waals surface area contributed by atoms with Crippen molar-refractivity contribution in [1.29, 1.82) is 0 Å². The van der Waals surface area contributed by atoms with Crippen LogP contribution in [0, 0.1) is 11.8 Å². The van der Waals surface area contributed by atoms with Crippen molar-refractivity contribution in [2.45, 2.75) is 57.1 Å². The Morgan fingerprint density at radius 2 is 1.57 bits per heavy atom. The van der Waals surface area contributed by atoms with Crippen LogP contribution in [-0.4, -0.2) is 104 Å². The Morgan fingerprint density at radius 3 is 2.30 bits per heavy atom. The molecule has 5 heterocycles. The average molecular weight is 641 g/mol. The van der Waals surface area contributed by atoms with E-state index in [2.05, 4.69) is 32.2 Å². The molecule has 7 rings (SSSR count). The zero-order valence-corrected chi connectivity index (χ0v) is 27.0. The van der Waals surface area contributed by atoms with Crippen molar-refractivity contribution < 1.29 is 14.3 Å². The molecular formula is C35H44N8O4. The van der Waals surface area contributed by atoms with Gasteiger partial charge in [-0.15, -0.1) is 5.10 Å². The number of nitrogens with one attached hydrogen (secondary N) is 2. The lowest BCUT2D eigenvalue weighted by Gasteiger charge is -2.40. The average Bonchev–Trinajstić information content (AvgIpc) is 3.75. The second-order valence-corrected chi connectivity index (χ2v) is 13.5. The van der Waals surface area contributed by atoms with E-state index >= 15 is 0 Å². The van der Waals surface area contributed by atoms with Crippen molar-refractivity contribution >= 4 is 22.9 Å². The molecule has 0 bridgehead atoms. The van der Waals surface area contributed by atoms with Crippen LogP contribution in [0.5, 0.6) is 0 Å². The van der Waals surface area contributed by atoms with Crippen LogP contribution in [0.3, 0.4) is 0 Å². The summed E-state index contributed by atoms with van der Waals surface area (Å²) >= 11 is 0. The molecule has 0 aliphatic carbocycles. The molecule has 2 aromatic heterocycles. The standard InChI is InChI=1S/C35H44N8O4/c1-40-15-9-25(10-16-40)26-11-17-41(18-12-26)33(44)31(22-24-7-8-30-28(21-24)23-36-38-30)47-35(46)42-19-13-29(14-20-42)43-34(45)37-32(39-43)27-5-3-2-4-6-27/h2-8,21,23,25-26,29,31H,9-20,22H2,1H3,(H,36,38)(H,37,39,45)/t31-/m1/s1. The maximum Gasteiger partial charge on any atom is 0.410 e. The Kier molecular flexibility index (Phi) is 9.10. The topological polar surface area (TPSA) is 132 Å². The first-order chi connectivity index (χ1) is 22.9. The van der Waals surface area contributed by atoms with E-state index < -0.39 is 12.2 Å². The molecule has 2 aromatic carbocycles. The summed E-state index contributed by atoms with van der Waals surface area (Å²) in [5.74, 6) is 1.77. The molecule has 3 aliphatic heterocycles. The Labute approximate surface area is 274 Å². The number of likely N-dealkylation sites (tertiary alicyclic amines) is 3. The number of ether oxygens (including phenoxy) is 1. The lowest BCUT2D eigenvalue weighted by molar-refractivity contribution is -0.142. The number of amides is 2. The van der Waals surface area contributed by atoms with Crippen molar-refractivity contribution in [3.8, 4) is 11.4 Å². The molecule has 248 valence electrons. The highest BCUT2D eigenvalue weighted by atomic mass is 16.6. The zero-order valence-electron chi connectivity index (χ0n) is 27.0. The Morgan fingerprint density at radius 1 is 0.894 bits per heavy atom. The van der Waals surface area contributed by atoms with Gasteiger partial charge >= 0.3 is 11.8 Å². The first-order valence-electron chi connectivity index (χ1n) is 17.0. The highest BCUT2D eigenvalue weighted by Gasteiger charge is 2.36. The minimum atomic E-state index is -0.924. The summed E-state index contributed by atoms with van der Waals surface area (Å²) in [6.07, 6.45) is 6.20. The molecule has 12 heteroatoms. The van der Waals surface area contributed by atoms with Crippen LogP contribution >= 0.6 is 0 Å². The first-order valence-corrected chi connectivity index (χ1v) is 17.0. The fourth-order valence-electron chi connectivity index (χ4n) is 7.61. The molecule has 0 saturated carbocycles. The van der Waals surface area contributed by atoms with Gasteiger partial charge in [0, 0.05) is 43.5 Å². The van der Waals surface area contributed by atoms with Crippen LogP contribution in [0.25, 0.3) is 22.3 Å². The van der Waals surface area contributed by atoms with E-state index in [-0.39, 0.29) is 17.6 Å². The van der Waals surface area contributed by atoms with E-state index in [0.29, 0.717) is 57.2 Å². The number of carbonyl (C=O) groups excluding carboxylic acids is 2. The summed E-state index contributed by atoms with van der Waals surface area (Å²) in [6, 6.07) is 15.3. The van der Waals surface area contributed by atoms with Gasteiger partial charge in [0.05, 0.1) is 17.8 Å². The maximum absolute atomic E-state index is 14.0. The van der Waals surface area contributed by atoms with Crippen LogP contribution in [0.15, 0.2) is 59.5 Å². The smallest absolute Gasteiger partial charge is 0.410 e. The van der Waals surface area contributed by atoms with Crippen molar-refractivity contribution in [1.82, 2.24) is 39.7 Å². The third kappa shape index (κ3) is 6.97. The van der Waals surface area contributed by atoms with Gasteiger partial charge in [-0.1, -0.05) is 36.4 Å². The van der Waals surface area contributed by atoms with Gasteiger partial charge in [-0.2, -0.15) is 5.10 Å². The maximum atomic E-state index is 14.0.